The summed E-state index contributed by atoms with van der Waals surface area (Å²) >= 11 is 3.43. The molecule has 0 unspecified atom stereocenters. The van der Waals surface area contributed by atoms with Gasteiger partial charge in [0.05, 0.1) is 24.2 Å². The van der Waals surface area contributed by atoms with Gasteiger partial charge in [-0.05, 0) is 66.4 Å². The Morgan fingerprint density at radius 1 is 1.19 bits per heavy atom. The Morgan fingerprint density at radius 3 is 2.76 bits per heavy atom. The van der Waals surface area contributed by atoms with Crippen molar-refractivity contribution in [2.24, 2.45) is 5.10 Å². The van der Waals surface area contributed by atoms with E-state index in [1.165, 1.54) is 16.8 Å². The van der Waals surface area contributed by atoms with Crippen molar-refractivity contribution in [2.75, 3.05) is 7.11 Å². The second-order valence-corrected chi connectivity index (χ2v) is 9.34. The molecule has 190 valence electrons. The number of rotatable bonds is 10. The summed E-state index contributed by atoms with van der Waals surface area (Å²) in [4.78, 5) is 18.0. The first kappa shape index (κ1) is 26.3. The monoisotopic (exact) mass is 563 g/mol. The number of nitrogens with zero attached hydrogens (tertiary/aromatic N) is 3. The fraction of sp³-hybridized carbons (Fsp3) is 0.207. The third-order valence-electron chi connectivity index (χ3n) is 5.68. The number of fused-ring (bicyclic) bond motifs is 1. The third kappa shape index (κ3) is 6.14. The fourth-order valence-electron chi connectivity index (χ4n) is 3.99. The van der Waals surface area contributed by atoms with E-state index in [1.807, 2.05) is 25.1 Å². The van der Waals surface area contributed by atoms with Crippen LogP contribution in [-0.4, -0.2) is 23.0 Å². The van der Waals surface area contributed by atoms with Gasteiger partial charge in [0, 0.05) is 16.5 Å². The second-order valence-electron chi connectivity index (χ2n) is 8.42. The van der Waals surface area contributed by atoms with Crippen LogP contribution in [0.15, 0.2) is 81.6 Å². The molecule has 0 aliphatic carbocycles. The first-order chi connectivity index (χ1) is 17.9. The number of aryl methyl sites for hydroxylation is 1. The van der Waals surface area contributed by atoms with E-state index in [4.69, 9.17) is 9.47 Å². The van der Waals surface area contributed by atoms with Gasteiger partial charge in [0.1, 0.15) is 18.2 Å². The minimum Gasteiger partial charge on any atom is -0.493 e. The molecule has 4 rings (SSSR count). The van der Waals surface area contributed by atoms with Crippen LogP contribution in [0.1, 0.15) is 35.9 Å². The van der Waals surface area contributed by atoms with Gasteiger partial charge in [-0.1, -0.05) is 41.1 Å². The van der Waals surface area contributed by atoms with Crippen LogP contribution in [-0.2, 0) is 19.4 Å². The molecule has 1 aromatic heterocycles. The number of halogens is 2. The Labute approximate surface area is 223 Å². The second kappa shape index (κ2) is 12.0. The maximum atomic E-state index is 13.6. The number of benzene rings is 3. The number of aromatic nitrogens is 2. The summed E-state index contributed by atoms with van der Waals surface area (Å²) < 4.78 is 27.4. The lowest BCUT2D eigenvalue weighted by molar-refractivity contribution is 0.281. The highest BCUT2D eigenvalue weighted by Gasteiger charge is 2.14. The predicted octanol–water partition coefficient (Wildman–Crippen LogP) is 6.45. The smallest absolute Gasteiger partial charge is 0.282 e. The zero-order valence-electron chi connectivity index (χ0n) is 20.7. The first-order valence-corrected chi connectivity index (χ1v) is 12.7. The highest BCUT2D eigenvalue weighted by molar-refractivity contribution is 9.10. The standard InChI is InChI=1S/C29H27BrFN3O3/c1-4-7-21-13-20(15-26(36-3)28(21)37-18-19-9-6-10-23(31)14-19)17-32-34-27(8-5-2)33-25-12-11-22(30)16-24(25)29(34)35/h4,6,9-17H,1,5,7-8,18H2,2-3H3. The van der Waals surface area contributed by atoms with Crippen LogP contribution in [0, 0.1) is 5.82 Å². The van der Waals surface area contributed by atoms with Crippen molar-refractivity contribution >= 4 is 33.0 Å². The van der Waals surface area contributed by atoms with Crippen LogP contribution in [0.5, 0.6) is 11.5 Å². The van der Waals surface area contributed by atoms with Crippen LogP contribution in [0.2, 0.25) is 0 Å². The van der Waals surface area contributed by atoms with Crippen molar-refractivity contribution in [1.29, 1.82) is 0 Å². The summed E-state index contributed by atoms with van der Waals surface area (Å²) in [6.45, 7) is 6.06. The fourth-order valence-corrected chi connectivity index (χ4v) is 4.35. The van der Waals surface area contributed by atoms with Crippen molar-refractivity contribution in [3.05, 3.63) is 110 Å². The molecule has 0 spiro atoms. The average Bonchev–Trinajstić information content (AvgIpc) is 2.88. The zero-order chi connectivity index (χ0) is 26.4. The number of hydrogen-bond donors (Lipinski definition) is 0. The lowest BCUT2D eigenvalue weighted by atomic mass is 10.1. The molecule has 0 saturated carbocycles. The van der Waals surface area contributed by atoms with Gasteiger partial charge in [-0.25, -0.2) is 9.37 Å². The molecule has 4 aromatic rings. The number of allylic oxidation sites excluding steroid dienone is 1. The molecule has 0 amide bonds. The van der Waals surface area contributed by atoms with E-state index in [1.54, 1.807) is 43.7 Å². The number of ether oxygens (including phenoxy) is 2. The van der Waals surface area contributed by atoms with E-state index in [2.05, 4.69) is 32.6 Å². The van der Waals surface area contributed by atoms with E-state index in [0.29, 0.717) is 46.6 Å². The molecule has 0 radical (unpaired) electrons. The molecule has 0 aliphatic rings. The molecular weight excluding hydrogens is 537 g/mol. The normalized spacial score (nSPS) is 11.2. The van der Waals surface area contributed by atoms with Crippen molar-refractivity contribution in [1.82, 2.24) is 9.66 Å². The zero-order valence-corrected chi connectivity index (χ0v) is 22.3. The van der Waals surface area contributed by atoms with Crippen LogP contribution in [0.25, 0.3) is 10.9 Å². The van der Waals surface area contributed by atoms with Crippen LogP contribution in [0.3, 0.4) is 0 Å². The summed E-state index contributed by atoms with van der Waals surface area (Å²) in [6, 6.07) is 15.4. The van der Waals surface area contributed by atoms with Gasteiger partial charge >= 0.3 is 0 Å². The van der Waals surface area contributed by atoms with Crippen molar-refractivity contribution < 1.29 is 13.9 Å². The largest absolute Gasteiger partial charge is 0.493 e. The van der Waals surface area contributed by atoms with Crippen molar-refractivity contribution in [2.45, 2.75) is 32.8 Å². The molecule has 0 atom stereocenters. The Bertz CT molecular complexity index is 1530. The topological polar surface area (TPSA) is 65.7 Å². The highest BCUT2D eigenvalue weighted by Crippen LogP contribution is 2.34. The molecule has 0 bridgehead atoms. The average molecular weight is 564 g/mol. The molecule has 8 heteroatoms. The van der Waals surface area contributed by atoms with Gasteiger partial charge in [-0.15, -0.1) is 6.58 Å². The van der Waals surface area contributed by atoms with Gasteiger partial charge in [0.2, 0.25) is 0 Å². The summed E-state index contributed by atoms with van der Waals surface area (Å²) in [5, 5.41) is 5.01. The lowest BCUT2D eigenvalue weighted by Crippen LogP contribution is -2.22. The molecule has 6 nitrogen and oxygen atoms in total. The molecule has 0 saturated heterocycles. The minimum atomic E-state index is -0.320. The summed E-state index contributed by atoms with van der Waals surface area (Å²) in [5.74, 6) is 1.31. The van der Waals surface area contributed by atoms with Crippen molar-refractivity contribution in [3.63, 3.8) is 0 Å². The van der Waals surface area contributed by atoms with E-state index < -0.39 is 0 Å². The first-order valence-electron chi connectivity index (χ1n) is 11.9. The predicted molar refractivity (Wildman–Crippen MR) is 148 cm³/mol. The highest BCUT2D eigenvalue weighted by atomic mass is 79.9. The van der Waals surface area contributed by atoms with Gasteiger partial charge in [-0.2, -0.15) is 9.78 Å². The molecule has 0 fully saturated rings. The van der Waals surface area contributed by atoms with E-state index in [9.17, 15) is 9.18 Å². The SMILES string of the molecule is C=CCc1cc(C=Nn2c(CCC)nc3ccc(Br)cc3c2=O)cc(OC)c1OCc1cccc(F)c1. The maximum Gasteiger partial charge on any atom is 0.282 e. The quantitative estimate of drug-likeness (QED) is 0.164. The Kier molecular flexibility index (Phi) is 8.50. The molecule has 37 heavy (non-hydrogen) atoms. The number of hydrogen-bond acceptors (Lipinski definition) is 5. The van der Waals surface area contributed by atoms with Crippen molar-refractivity contribution in [3.8, 4) is 11.5 Å². The van der Waals surface area contributed by atoms with E-state index in [-0.39, 0.29) is 18.0 Å². The van der Waals surface area contributed by atoms with Gasteiger partial charge in [-0.3, -0.25) is 4.79 Å². The van der Waals surface area contributed by atoms with Crippen LogP contribution >= 0.6 is 15.9 Å². The Hall–Kier alpha value is -3.78. The molecule has 3 aromatic carbocycles. The molecule has 1 heterocycles. The van der Waals surface area contributed by atoms with Gasteiger partial charge in [0.15, 0.2) is 11.5 Å². The van der Waals surface area contributed by atoms with E-state index >= 15 is 0 Å². The Balaban J connectivity index is 1.72. The molecule has 0 aliphatic heterocycles. The summed E-state index contributed by atoms with van der Waals surface area (Å²) in [5.41, 5.74) is 2.65. The maximum absolute atomic E-state index is 13.6. The van der Waals surface area contributed by atoms with Crippen LogP contribution < -0.4 is 15.0 Å². The minimum absolute atomic E-state index is 0.180. The third-order valence-corrected chi connectivity index (χ3v) is 6.17. The molecular formula is C29H27BrFN3O3. The van der Waals surface area contributed by atoms with Gasteiger partial charge in [0.25, 0.3) is 5.56 Å². The summed E-state index contributed by atoms with van der Waals surface area (Å²) in [7, 11) is 1.55. The number of methoxy groups -OCH3 is 1. The Morgan fingerprint density at radius 2 is 2.03 bits per heavy atom. The van der Waals surface area contributed by atoms with Crippen LogP contribution in [0.4, 0.5) is 4.39 Å². The van der Waals surface area contributed by atoms with Gasteiger partial charge < -0.3 is 9.47 Å². The molecule has 0 N–H and O–H groups in total. The lowest BCUT2D eigenvalue weighted by Gasteiger charge is -2.16. The summed E-state index contributed by atoms with van der Waals surface area (Å²) in [6.07, 6.45) is 5.31. The van der Waals surface area contributed by atoms with E-state index in [0.717, 1.165) is 22.0 Å².